The molecule has 1 unspecified atom stereocenters. The van der Waals surface area contributed by atoms with Crippen molar-refractivity contribution in [2.24, 2.45) is 5.92 Å². The predicted molar refractivity (Wildman–Crippen MR) is 59.7 cm³/mol. The highest BCUT2D eigenvalue weighted by Gasteiger charge is 2.28. The van der Waals surface area contributed by atoms with Crippen molar-refractivity contribution in [3.8, 4) is 0 Å². The average Bonchev–Trinajstić information content (AvgIpc) is 2.80. The van der Waals surface area contributed by atoms with Gasteiger partial charge in [0.15, 0.2) is 11.6 Å². The van der Waals surface area contributed by atoms with Crippen LogP contribution in [0.3, 0.4) is 0 Å². The highest BCUT2D eigenvalue weighted by molar-refractivity contribution is 5.95. The number of carbonyl (C=O) groups excluding carboxylic acids is 1. The van der Waals surface area contributed by atoms with Crippen LogP contribution in [0.25, 0.3) is 0 Å². The molecule has 1 fully saturated rings. The van der Waals surface area contributed by atoms with Crippen molar-refractivity contribution in [3.05, 3.63) is 23.6 Å². The minimum absolute atomic E-state index is 0.0464. The average molecular weight is 239 g/mol. The van der Waals surface area contributed by atoms with E-state index in [4.69, 9.17) is 10.8 Å². The molecule has 1 aliphatic heterocycles. The van der Waals surface area contributed by atoms with E-state index in [0.717, 1.165) is 6.42 Å². The van der Waals surface area contributed by atoms with Gasteiger partial charge in [-0.1, -0.05) is 0 Å². The SMILES string of the molecule is Nc1nccc(C(=O)N2CCC(CO)C2)c1F. The summed E-state index contributed by atoms with van der Waals surface area (Å²) in [5.74, 6) is -1.35. The molecular weight excluding hydrogens is 225 g/mol. The minimum atomic E-state index is -0.773. The first-order chi connectivity index (χ1) is 8.13. The molecule has 1 aromatic rings. The molecule has 0 radical (unpaired) electrons. The summed E-state index contributed by atoms with van der Waals surface area (Å²) in [7, 11) is 0. The van der Waals surface area contributed by atoms with E-state index in [1.54, 1.807) is 0 Å². The summed E-state index contributed by atoms with van der Waals surface area (Å²) in [5, 5.41) is 8.99. The highest BCUT2D eigenvalue weighted by atomic mass is 19.1. The topological polar surface area (TPSA) is 79.5 Å². The summed E-state index contributed by atoms with van der Waals surface area (Å²) >= 11 is 0. The van der Waals surface area contributed by atoms with E-state index >= 15 is 0 Å². The van der Waals surface area contributed by atoms with Gasteiger partial charge < -0.3 is 15.7 Å². The van der Waals surface area contributed by atoms with Crippen LogP contribution in [0.2, 0.25) is 0 Å². The van der Waals surface area contributed by atoms with Gasteiger partial charge in [-0.05, 0) is 12.5 Å². The second-order valence-corrected chi connectivity index (χ2v) is 4.15. The summed E-state index contributed by atoms with van der Waals surface area (Å²) in [4.78, 5) is 17.1. The lowest BCUT2D eigenvalue weighted by Gasteiger charge is -2.16. The number of anilines is 1. The Morgan fingerprint density at radius 3 is 3.12 bits per heavy atom. The van der Waals surface area contributed by atoms with E-state index in [2.05, 4.69) is 4.98 Å². The number of amides is 1. The maximum absolute atomic E-state index is 13.6. The first kappa shape index (κ1) is 11.8. The summed E-state index contributed by atoms with van der Waals surface area (Å²) < 4.78 is 13.6. The van der Waals surface area contributed by atoms with Gasteiger partial charge in [-0.15, -0.1) is 0 Å². The van der Waals surface area contributed by atoms with Crippen LogP contribution in [0.15, 0.2) is 12.3 Å². The fourth-order valence-electron chi connectivity index (χ4n) is 1.96. The van der Waals surface area contributed by atoms with E-state index in [1.807, 2.05) is 0 Å². The van der Waals surface area contributed by atoms with Gasteiger partial charge in [0.2, 0.25) is 0 Å². The van der Waals surface area contributed by atoms with E-state index in [-0.39, 0.29) is 23.9 Å². The van der Waals surface area contributed by atoms with E-state index < -0.39 is 11.7 Å². The van der Waals surface area contributed by atoms with Crippen LogP contribution in [0.4, 0.5) is 10.2 Å². The zero-order valence-corrected chi connectivity index (χ0v) is 9.27. The number of aromatic nitrogens is 1. The maximum Gasteiger partial charge on any atom is 0.257 e. The molecule has 1 atom stereocenters. The molecule has 1 aromatic heterocycles. The Balaban J connectivity index is 2.18. The van der Waals surface area contributed by atoms with Gasteiger partial charge in [0.05, 0.1) is 5.56 Å². The smallest absolute Gasteiger partial charge is 0.257 e. The molecule has 2 rings (SSSR count). The van der Waals surface area contributed by atoms with Gasteiger partial charge in [-0.25, -0.2) is 9.37 Å². The van der Waals surface area contributed by atoms with Gasteiger partial charge in [-0.3, -0.25) is 4.79 Å². The third-order valence-electron chi connectivity index (χ3n) is 2.98. The lowest BCUT2D eigenvalue weighted by molar-refractivity contribution is 0.0777. The summed E-state index contributed by atoms with van der Waals surface area (Å²) in [6, 6.07) is 1.32. The standard InChI is InChI=1S/C11H14FN3O2/c12-9-8(1-3-14-10(9)13)11(17)15-4-2-7(5-15)6-16/h1,3,7,16H,2,4-6H2,(H2,13,14). The second-order valence-electron chi connectivity index (χ2n) is 4.15. The normalized spacial score (nSPS) is 19.6. The van der Waals surface area contributed by atoms with Gasteiger partial charge in [-0.2, -0.15) is 0 Å². The van der Waals surface area contributed by atoms with Crippen LogP contribution >= 0.6 is 0 Å². The monoisotopic (exact) mass is 239 g/mol. The third kappa shape index (κ3) is 2.21. The van der Waals surface area contributed by atoms with Crippen LogP contribution in [-0.4, -0.2) is 40.6 Å². The number of aliphatic hydroxyl groups excluding tert-OH is 1. The molecule has 17 heavy (non-hydrogen) atoms. The van der Waals surface area contributed by atoms with Crippen molar-refractivity contribution < 1.29 is 14.3 Å². The number of likely N-dealkylation sites (tertiary alicyclic amines) is 1. The van der Waals surface area contributed by atoms with Crippen LogP contribution in [0.5, 0.6) is 0 Å². The first-order valence-electron chi connectivity index (χ1n) is 5.43. The Kier molecular flexibility index (Phi) is 3.23. The molecule has 2 heterocycles. The molecule has 1 amide bonds. The number of aliphatic hydroxyl groups is 1. The molecule has 5 nitrogen and oxygen atoms in total. The van der Waals surface area contributed by atoms with Crippen LogP contribution < -0.4 is 5.73 Å². The van der Waals surface area contributed by atoms with Crippen molar-refractivity contribution in [3.63, 3.8) is 0 Å². The van der Waals surface area contributed by atoms with Crippen LogP contribution in [-0.2, 0) is 0 Å². The Labute approximate surface area is 98.1 Å². The molecule has 1 saturated heterocycles. The van der Waals surface area contributed by atoms with Crippen molar-refractivity contribution in [1.82, 2.24) is 9.88 Å². The maximum atomic E-state index is 13.6. The Morgan fingerprint density at radius 1 is 1.71 bits per heavy atom. The number of nitrogens with two attached hydrogens (primary N) is 1. The van der Waals surface area contributed by atoms with Crippen molar-refractivity contribution >= 4 is 11.7 Å². The Hall–Kier alpha value is -1.69. The van der Waals surface area contributed by atoms with Gasteiger partial charge in [0.1, 0.15) is 0 Å². The number of carbonyl (C=O) groups is 1. The lowest BCUT2D eigenvalue weighted by Crippen LogP contribution is -2.30. The predicted octanol–water partition coefficient (Wildman–Crippen LogP) is 0.257. The molecule has 0 bridgehead atoms. The fourth-order valence-corrected chi connectivity index (χ4v) is 1.96. The fraction of sp³-hybridized carbons (Fsp3) is 0.455. The quantitative estimate of drug-likeness (QED) is 0.775. The number of rotatable bonds is 2. The molecule has 0 saturated carbocycles. The number of pyridine rings is 1. The lowest BCUT2D eigenvalue weighted by atomic mass is 10.1. The van der Waals surface area contributed by atoms with E-state index in [0.29, 0.717) is 13.1 Å². The van der Waals surface area contributed by atoms with Gasteiger partial charge in [0.25, 0.3) is 5.91 Å². The first-order valence-corrected chi connectivity index (χ1v) is 5.43. The molecule has 6 heteroatoms. The number of hydrogen-bond donors (Lipinski definition) is 2. The van der Waals surface area contributed by atoms with Crippen molar-refractivity contribution in [2.45, 2.75) is 6.42 Å². The molecule has 0 aromatic carbocycles. The van der Waals surface area contributed by atoms with Crippen molar-refractivity contribution in [1.29, 1.82) is 0 Å². The summed E-state index contributed by atoms with van der Waals surface area (Å²) in [5.41, 5.74) is 5.25. The minimum Gasteiger partial charge on any atom is -0.396 e. The number of hydrogen-bond acceptors (Lipinski definition) is 4. The molecule has 1 aliphatic rings. The summed E-state index contributed by atoms with van der Waals surface area (Å²) in [6.07, 6.45) is 2.05. The Bertz CT molecular complexity index is 439. The third-order valence-corrected chi connectivity index (χ3v) is 2.98. The largest absolute Gasteiger partial charge is 0.396 e. The Morgan fingerprint density at radius 2 is 2.47 bits per heavy atom. The molecule has 3 N–H and O–H groups in total. The van der Waals surface area contributed by atoms with E-state index in [1.165, 1.54) is 17.2 Å². The summed E-state index contributed by atoms with van der Waals surface area (Å²) in [6.45, 7) is 1.04. The molecular formula is C11H14FN3O2. The van der Waals surface area contributed by atoms with Crippen molar-refractivity contribution in [2.75, 3.05) is 25.4 Å². The van der Waals surface area contributed by atoms with Crippen LogP contribution in [0, 0.1) is 11.7 Å². The molecule has 0 spiro atoms. The highest BCUT2D eigenvalue weighted by Crippen LogP contribution is 2.20. The van der Waals surface area contributed by atoms with Gasteiger partial charge in [0, 0.05) is 31.8 Å². The van der Waals surface area contributed by atoms with E-state index in [9.17, 15) is 9.18 Å². The zero-order chi connectivity index (χ0) is 12.4. The molecule has 0 aliphatic carbocycles. The number of halogens is 1. The van der Waals surface area contributed by atoms with Gasteiger partial charge >= 0.3 is 0 Å². The zero-order valence-electron chi connectivity index (χ0n) is 9.27. The molecule has 92 valence electrons. The second kappa shape index (κ2) is 4.67. The van der Waals surface area contributed by atoms with Crippen LogP contribution in [0.1, 0.15) is 16.8 Å². The number of nitrogens with zero attached hydrogens (tertiary/aromatic N) is 2. The number of nitrogen functional groups attached to an aromatic ring is 1.